The fourth-order valence-electron chi connectivity index (χ4n) is 2.29. The number of aliphatic carboxylic acids is 1. The first-order valence-corrected chi connectivity index (χ1v) is 6.19. The Bertz CT molecular complexity index is 425. The topological polar surface area (TPSA) is 40.5 Å². The van der Waals surface area contributed by atoms with Gasteiger partial charge in [-0.1, -0.05) is 17.7 Å². The Morgan fingerprint density at radius 2 is 2.06 bits per heavy atom. The highest BCUT2D eigenvalue weighted by Gasteiger charge is 2.25. The van der Waals surface area contributed by atoms with Crippen LogP contribution in [0.25, 0.3) is 0 Å². The fraction of sp³-hybridized carbons (Fsp3) is 0.462. The van der Waals surface area contributed by atoms with Crippen LogP contribution in [-0.4, -0.2) is 24.2 Å². The summed E-state index contributed by atoms with van der Waals surface area (Å²) >= 11 is 5.99. The summed E-state index contributed by atoms with van der Waals surface area (Å²) in [5, 5.41) is 9.68. The molecule has 2 rings (SSSR count). The molecule has 17 heavy (non-hydrogen) atoms. The van der Waals surface area contributed by atoms with Crippen LogP contribution in [0.3, 0.4) is 0 Å². The van der Waals surface area contributed by atoms with E-state index in [0.29, 0.717) is 12.8 Å². The number of carboxylic acid groups (broad SMARTS) is 1. The van der Waals surface area contributed by atoms with Crippen molar-refractivity contribution in [1.29, 1.82) is 0 Å². The highest BCUT2D eigenvalue weighted by Crippen LogP contribution is 2.28. The minimum Gasteiger partial charge on any atom is -0.481 e. The molecular weight excluding hydrogens is 238 g/mol. The summed E-state index contributed by atoms with van der Waals surface area (Å²) in [5.74, 6) is -0.863. The lowest BCUT2D eigenvalue weighted by atomic mass is 9.96. The maximum absolute atomic E-state index is 10.9. The molecule has 0 aromatic heterocycles. The number of hydrogen-bond acceptors (Lipinski definition) is 2. The van der Waals surface area contributed by atoms with Crippen LogP contribution in [-0.2, 0) is 4.79 Å². The molecule has 3 nitrogen and oxygen atoms in total. The quantitative estimate of drug-likeness (QED) is 0.881. The van der Waals surface area contributed by atoms with Crippen molar-refractivity contribution < 1.29 is 9.90 Å². The number of hydrogen-bond donors (Lipinski definition) is 1. The van der Waals surface area contributed by atoms with Crippen molar-refractivity contribution in [3.8, 4) is 0 Å². The second kappa shape index (κ2) is 4.96. The van der Waals surface area contributed by atoms with Gasteiger partial charge in [0.05, 0.1) is 5.92 Å². The smallest absolute Gasteiger partial charge is 0.306 e. The molecule has 0 aliphatic carbocycles. The first-order chi connectivity index (χ1) is 8.08. The van der Waals surface area contributed by atoms with E-state index in [9.17, 15) is 4.79 Å². The van der Waals surface area contributed by atoms with Crippen molar-refractivity contribution in [1.82, 2.24) is 0 Å². The van der Waals surface area contributed by atoms with Gasteiger partial charge >= 0.3 is 5.97 Å². The molecule has 0 saturated carbocycles. The van der Waals surface area contributed by atoms with Crippen molar-refractivity contribution in [3.63, 3.8) is 0 Å². The molecule has 0 radical (unpaired) electrons. The van der Waals surface area contributed by atoms with Crippen LogP contribution in [0, 0.1) is 12.8 Å². The maximum atomic E-state index is 10.9. The number of rotatable bonds is 2. The largest absolute Gasteiger partial charge is 0.481 e. The molecule has 0 spiro atoms. The third kappa shape index (κ3) is 2.72. The van der Waals surface area contributed by atoms with Crippen LogP contribution in [0.1, 0.15) is 18.4 Å². The predicted molar refractivity (Wildman–Crippen MR) is 68.8 cm³/mol. The highest BCUT2D eigenvalue weighted by atomic mass is 35.5. The Balaban J connectivity index is 2.10. The van der Waals surface area contributed by atoms with Gasteiger partial charge in [0, 0.05) is 23.8 Å². The predicted octanol–water partition coefficient (Wildman–Crippen LogP) is 2.95. The zero-order valence-electron chi connectivity index (χ0n) is 9.82. The summed E-state index contributed by atoms with van der Waals surface area (Å²) in [6, 6.07) is 5.84. The molecule has 0 atom stereocenters. The average molecular weight is 254 g/mol. The van der Waals surface area contributed by atoms with E-state index in [0.717, 1.165) is 23.8 Å². The Hall–Kier alpha value is -1.22. The van der Waals surface area contributed by atoms with Crippen molar-refractivity contribution in [2.75, 3.05) is 18.0 Å². The highest BCUT2D eigenvalue weighted by molar-refractivity contribution is 6.30. The van der Waals surface area contributed by atoms with Gasteiger partial charge in [-0.15, -0.1) is 0 Å². The van der Waals surface area contributed by atoms with Crippen molar-refractivity contribution in [2.45, 2.75) is 19.8 Å². The number of carboxylic acids is 1. The van der Waals surface area contributed by atoms with Gasteiger partial charge in [-0.05, 0) is 37.5 Å². The van der Waals surface area contributed by atoms with Crippen molar-refractivity contribution in [2.24, 2.45) is 5.92 Å². The minimum absolute atomic E-state index is 0.189. The van der Waals surface area contributed by atoms with E-state index in [2.05, 4.69) is 11.8 Å². The summed E-state index contributed by atoms with van der Waals surface area (Å²) in [6.07, 6.45) is 1.42. The van der Waals surface area contributed by atoms with E-state index in [-0.39, 0.29) is 5.92 Å². The molecule has 4 heteroatoms. The van der Waals surface area contributed by atoms with Crippen LogP contribution < -0.4 is 4.90 Å². The summed E-state index contributed by atoms with van der Waals surface area (Å²) in [6.45, 7) is 3.63. The lowest BCUT2D eigenvalue weighted by molar-refractivity contribution is -0.142. The van der Waals surface area contributed by atoms with E-state index < -0.39 is 5.97 Å². The molecule has 0 amide bonds. The van der Waals surface area contributed by atoms with Gasteiger partial charge in [-0.25, -0.2) is 0 Å². The lowest BCUT2D eigenvalue weighted by Gasteiger charge is -2.33. The van der Waals surface area contributed by atoms with Gasteiger partial charge < -0.3 is 10.0 Å². The maximum Gasteiger partial charge on any atom is 0.306 e. The monoisotopic (exact) mass is 253 g/mol. The second-order valence-electron chi connectivity index (χ2n) is 4.53. The Morgan fingerprint density at radius 3 is 2.65 bits per heavy atom. The number of anilines is 1. The molecule has 1 aromatic rings. The van der Waals surface area contributed by atoms with Gasteiger partial charge in [0.1, 0.15) is 0 Å². The number of benzene rings is 1. The third-order valence-electron chi connectivity index (χ3n) is 3.36. The van der Waals surface area contributed by atoms with E-state index in [1.54, 1.807) is 0 Å². The summed E-state index contributed by atoms with van der Waals surface area (Å²) in [7, 11) is 0. The van der Waals surface area contributed by atoms with Gasteiger partial charge in [-0.3, -0.25) is 4.79 Å². The molecule has 1 heterocycles. The molecule has 1 aliphatic heterocycles. The third-order valence-corrected chi connectivity index (χ3v) is 3.59. The number of halogens is 1. The molecule has 1 aliphatic rings. The van der Waals surface area contributed by atoms with Crippen LogP contribution in [0.4, 0.5) is 5.69 Å². The van der Waals surface area contributed by atoms with E-state index in [4.69, 9.17) is 16.7 Å². The molecule has 0 bridgehead atoms. The van der Waals surface area contributed by atoms with Crippen LogP contribution in [0.2, 0.25) is 5.02 Å². The van der Waals surface area contributed by atoms with Crippen LogP contribution in [0.5, 0.6) is 0 Å². The normalized spacial score (nSPS) is 17.2. The number of aryl methyl sites for hydroxylation is 1. The lowest BCUT2D eigenvalue weighted by Crippen LogP contribution is -2.36. The van der Waals surface area contributed by atoms with E-state index in [1.165, 1.54) is 5.56 Å². The van der Waals surface area contributed by atoms with Crippen molar-refractivity contribution in [3.05, 3.63) is 28.8 Å². The zero-order chi connectivity index (χ0) is 12.4. The van der Waals surface area contributed by atoms with Gasteiger partial charge in [0.2, 0.25) is 0 Å². The molecule has 1 fully saturated rings. The molecule has 1 N–H and O–H groups in total. The average Bonchev–Trinajstić information content (AvgIpc) is 2.32. The molecular formula is C13H16ClNO2. The first kappa shape index (κ1) is 12.2. The SMILES string of the molecule is Cc1ccc(Cl)cc1N1CCC(C(=O)O)CC1. The minimum atomic E-state index is -0.674. The number of carbonyl (C=O) groups is 1. The van der Waals surface area contributed by atoms with E-state index >= 15 is 0 Å². The first-order valence-electron chi connectivity index (χ1n) is 5.82. The Kier molecular flexibility index (Phi) is 3.57. The second-order valence-corrected chi connectivity index (χ2v) is 4.97. The Labute approximate surface area is 106 Å². The number of nitrogens with zero attached hydrogens (tertiary/aromatic N) is 1. The van der Waals surface area contributed by atoms with Crippen molar-refractivity contribution >= 4 is 23.3 Å². The van der Waals surface area contributed by atoms with Gasteiger partial charge in [-0.2, -0.15) is 0 Å². The summed E-state index contributed by atoms with van der Waals surface area (Å²) in [5.41, 5.74) is 2.31. The fourth-order valence-corrected chi connectivity index (χ4v) is 2.46. The standard InChI is InChI=1S/C13H16ClNO2/c1-9-2-3-11(14)8-12(9)15-6-4-10(5-7-15)13(16)17/h2-3,8,10H,4-7H2,1H3,(H,16,17). The van der Waals surface area contributed by atoms with E-state index in [1.807, 2.05) is 18.2 Å². The Morgan fingerprint density at radius 1 is 1.41 bits per heavy atom. The molecule has 92 valence electrons. The zero-order valence-corrected chi connectivity index (χ0v) is 10.6. The molecule has 0 unspecified atom stereocenters. The number of piperidine rings is 1. The summed E-state index contributed by atoms with van der Waals surface area (Å²) < 4.78 is 0. The van der Waals surface area contributed by atoms with Gasteiger partial charge in [0.15, 0.2) is 0 Å². The summed E-state index contributed by atoms with van der Waals surface area (Å²) in [4.78, 5) is 13.1. The van der Waals surface area contributed by atoms with Crippen LogP contribution >= 0.6 is 11.6 Å². The molecule has 1 saturated heterocycles. The van der Waals surface area contributed by atoms with Gasteiger partial charge in [0.25, 0.3) is 0 Å². The van der Waals surface area contributed by atoms with Crippen LogP contribution in [0.15, 0.2) is 18.2 Å². The molecule has 1 aromatic carbocycles.